The Morgan fingerprint density at radius 2 is 1.97 bits per heavy atom. The number of hydrogen-bond acceptors (Lipinski definition) is 7. The minimum absolute atomic E-state index is 0.0495. The summed E-state index contributed by atoms with van der Waals surface area (Å²) in [5.41, 5.74) is 4.53. The number of anilines is 2. The molecule has 9 nitrogen and oxygen atoms in total. The monoisotopic (exact) mass is 476 g/mol. The van der Waals surface area contributed by atoms with Crippen molar-refractivity contribution in [2.24, 2.45) is 0 Å². The number of nitrogen functional groups attached to an aromatic ring is 1. The molecule has 2 aromatic rings. The summed E-state index contributed by atoms with van der Waals surface area (Å²) in [5.74, 6) is -1.59. The predicted molar refractivity (Wildman–Crippen MR) is 118 cm³/mol. The number of nitrogens with zero attached hydrogens (tertiary/aromatic N) is 2. The molecular weight excluding hydrogens is 455 g/mol. The van der Waals surface area contributed by atoms with Gasteiger partial charge in [0.15, 0.2) is 12.3 Å². The highest BCUT2D eigenvalue weighted by atomic mass is 35.5. The molecule has 0 radical (unpaired) electrons. The van der Waals surface area contributed by atoms with Crippen LogP contribution in [0.5, 0.6) is 0 Å². The summed E-state index contributed by atoms with van der Waals surface area (Å²) in [6, 6.07) is 1.35. The van der Waals surface area contributed by atoms with Gasteiger partial charge in [0.1, 0.15) is 10.2 Å². The Balaban J connectivity index is 2.31. The number of rotatable bonds is 9. The Morgan fingerprint density at radius 3 is 2.53 bits per heavy atom. The van der Waals surface area contributed by atoms with Crippen molar-refractivity contribution in [3.8, 4) is 0 Å². The molecule has 164 valence electrons. The van der Waals surface area contributed by atoms with Crippen molar-refractivity contribution in [3.05, 3.63) is 41.1 Å². The molecule has 0 fully saturated rings. The summed E-state index contributed by atoms with van der Waals surface area (Å²) in [4.78, 5) is 52.9. The van der Waals surface area contributed by atoms with Gasteiger partial charge in [0.25, 0.3) is 11.5 Å². The maximum Gasteiger partial charge on any atom is 0.341 e. The van der Waals surface area contributed by atoms with Crippen LogP contribution in [0.15, 0.2) is 15.7 Å². The first kappa shape index (κ1) is 24.0. The van der Waals surface area contributed by atoms with E-state index in [2.05, 4.69) is 4.98 Å². The maximum atomic E-state index is 12.8. The molecule has 0 aliphatic rings. The fourth-order valence-electron chi connectivity index (χ4n) is 2.72. The molecule has 1 amide bonds. The summed E-state index contributed by atoms with van der Waals surface area (Å²) >= 11 is 12.7. The second-order valence-corrected chi connectivity index (χ2v) is 8.64. The second kappa shape index (κ2) is 10.6. The zero-order valence-electron chi connectivity index (χ0n) is 16.5. The van der Waals surface area contributed by atoms with Crippen molar-refractivity contribution < 1.29 is 14.3 Å². The molecule has 0 saturated heterocycles. The quantitative estimate of drug-likeness (QED) is 0.535. The SMILES string of the molecule is CCCCN(C(=O)COC(=O)c1cc(Cl)sc1Cl)c1c(N)n(CCC)c(=O)[nH]c1=O. The molecule has 0 aliphatic carbocycles. The Labute approximate surface area is 186 Å². The first-order valence-electron chi connectivity index (χ1n) is 9.26. The highest BCUT2D eigenvalue weighted by molar-refractivity contribution is 7.20. The van der Waals surface area contributed by atoms with Crippen LogP contribution in [-0.2, 0) is 16.1 Å². The first-order valence-corrected chi connectivity index (χ1v) is 10.8. The van der Waals surface area contributed by atoms with Gasteiger partial charge in [-0.3, -0.25) is 19.1 Å². The van der Waals surface area contributed by atoms with Crippen LogP contribution in [0.25, 0.3) is 0 Å². The van der Waals surface area contributed by atoms with Crippen molar-refractivity contribution >= 4 is 57.9 Å². The maximum absolute atomic E-state index is 12.8. The zero-order valence-corrected chi connectivity index (χ0v) is 18.8. The lowest BCUT2D eigenvalue weighted by atomic mass is 10.2. The Bertz CT molecular complexity index is 1050. The standard InChI is InChI=1S/C18H22Cl2N4O5S/c1-3-5-7-23(13-15(21)24(6-4-2)18(28)22-16(13)26)12(25)9-29-17(27)10-8-11(19)30-14(10)20/h8H,3-7,9,21H2,1-2H3,(H,22,26,28). The topological polar surface area (TPSA) is 127 Å². The number of thiophene rings is 1. The summed E-state index contributed by atoms with van der Waals surface area (Å²) in [5, 5.41) is 0. The van der Waals surface area contributed by atoms with Gasteiger partial charge >= 0.3 is 11.7 Å². The van der Waals surface area contributed by atoms with E-state index in [0.29, 0.717) is 17.2 Å². The normalized spacial score (nSPS) is 10.8. The molecule has 0 saturated carbocycles. The van der Waals surface area contributed by atoms with Gasteiger partial charge in [-0.15, -0.1) is 11.3 Å². The molecule has 0 atom stereocenters. The van der Waals surface area contributed by atoms with Gasteiger partial charge in [0.05, 0.1) is 9.90 Å². The van der Waals surface area contributed by atoms with Gasteiger partial charge in [-0.25, -0.2) is 9.59 Å². The van der Waals surface area contributed by atoms with Gasteiger partial charge < -0.3 is 15.4 Å². The van der Waals surface area contributed by atoms with Gasteiger partial charge in [-0.1, -0.05) is 43.5 Å². The number of H-pyrrole nitrogens is 1. The van der Waals surface area contributed by atoms with E-state index in [4.69, 9.17) is 33.7 Å². The highest BCUT2D eigenvalue weighted by Gasteiger charge is 2.25. The Hall–Kier alpha value is -2.30. The summed E-state index contributed by atoms with van der Waals surface area (Å²) in [6.07, 6.45) is 1.90. The number of amides is 1. The number of hydrogen-bond donors (Lipinski definition) is 2. The average molecular weight is 477 g/mol. The molecule has 3 N–H and O–H groups in total. The predicted octanol–water partition coefficient (Wildman–Crippen LogP) is 2.89. The van der Waals surface area contributed by atoms with Crippen molar-refractivity contribution in [1.82, 2.24) is 9.55 Å². The number of nitrogens with one attached hydrogen (secondary N) is 1. The second-order valence-electron chi connectivity index (χ2n) is 6.36. The van der Waals surface area contributed by atoms with E-state index in [1.807, 2.05) is 13.8 Å². The average Bonchev–Trinajstić information content (AvgIpc) is 3.03. The lowest BCUT2D eigenvalue weighted by Gasteiger charge is -2.24. The fourth-order valence-corrected chi connectivity index (χ4v) is 4.16. The van der Waals surface area contributed by atoms with Crippen LogP contribution in [0, 0.1) is 0 Å². The van der Waals surface area contributed by atoms with Crippen molar-refractivity contribution in [1.29, 1.82) is 0 Å². The van der Waals surface area contributed by atoms with E-state index in [-0.39, 0.29) is 34.5 Å². The van der Waals surface area contributed by atoms with E-state index in [1.54, 1.807) is 0 Å². The molecule has 2 heterocycles. The minimum atomic E-state index is -0.815. The van der Waals surface area contributed by atoms with Gasteiger partial charge in [0.2, 0.25) is 0 Å². The molecule has 0 spiro atoms. The van der Waals surface area contributed by atoms with Crippen LogP contribution in [0.4, 0.5) is 11.5 Å². The van der Waals surface area contributed by atoms with Crippen molar-refractivity contribution in [2.45, 2.75) is 39.7 Å². The van der Waals surface area contributed by atoms with Gasteiger partial charge in [0, 0.05) is 13.1 Å². The number of unbranched alkanes of at least 4 members (excludes halogenated alkanes) is 1. The summed E-state index contributed by atoms with van der Waals surface area (Å²) in [6.45, 7) is 3.55. The molecular formula is C18H22Cl2N4O5S. The van der Waals surface area contributed by atoms with E-state index in [0.717, 1.165) is 22.7 Å². The van der Waals surface area contributed by atoms with E-state index >= 15 is 0 Å². The van der Waals surface area contributed by atoms with Crippen LogP contribution >= 0.6 is 34.5 Å². The summed E-state index contributed by atoms with van der Waals surface area (Å²) in [7, 11) is 0. The van der Waals surface area contributed by atoms with Crippen LogP contribution in [0.1, 0.15) is 43.5 Å². The molecule has 0 aromatic carbocycles. The van der Waals surface area contributed by atoms with Crippen LogP contribution in [0.2, 0.25) is 8.67 Å². The Kier molecular flexibility index (Phi) is 8.51. The number of aromatic nitrogens is 2. The third-order valence-corrected chi connectivity index (χ3v) is 5.66. The minimum Gasteiger partial charge on any atom is -0.452 e. The number of carbonyl (C=O) groups is 2. The molecule has 2 aromatic heterocycles. The van der Waals surface area contributed by atoms with Crippen LogP contribution < -0.4 is 21.9 Å². The number of esters is 1. The van der Waals surface area contributed by atoms with Gasteiger partial charge in [-0.05, 0) is 18.9 Å². The molecule has 2 rings (SSSR count). The zero-order chi connectivity index (χ0) is 22.4. The molecule has 12 heteroatoms. The summed E-state index contributed by atoms with van der Waals surface area (Å²) < 4.78 is 6.71. The van der Waals surface area contributed by atoms with E-state index < -0.39 is 29.7 Å². The third kappa shape index (κ3) is 5.44. The largest absolute Gasteiger partial charge is 0.452 e. The van der Waals surface area contributed by atoms with Crippen molar-refractivity contribution in [3.63, 3.8) is 0 Å². The number of aromatic amines is 1. The molecule has 0 bridgehead atoms. The molecule has 0 aliphatic heterocycles. The Morgan fingerprint density at radius 1 is 1.27 bits per heavy atom. The number of nitrogens with two attached hydrogens (primary N) is 1. The van der Waals surface area contributed by atoms with Crippen LogP contribution in [0.3, 0.4) is 0 Å². The van der Waals surface area contributed by atoms with E-state index in [9.17, 15) is 19.2 Å². The highest BCUT2D eigenvalue weighted by Crippen LogP contribution is 2.31. The molecule has 0 unspecified atom stereocenters. The van der Waals surface area contributed by atoms with E-state index in [1.165, 1.54) is 10.6 Å². The molecule has 30 heavy (non-hydrogen) atoms. The first-order chi connectivity index (χ1) is 14.2. The van der Waals surface area contributed by atoms with Gasteiger partial charge in [-0.2, -0.15) is 0 Å². The van der Waals surface area contributed by atoms with Crippen molar-refractivity contribution in [2.75, 3.05) is 23.8 Å². The fraction of sp³-hybridized carbons (Fsp3) is 0.444. The lowest BCUT2D eigenvalue weighted by molar-refractivity contribution is -0.121. The lowest BCUT2D eigenvalue weighted by Crippen LogP contribution is -2.43. The number of halogens is 2. The third-order valence-electron chi connectivity index (χ3n) is 4.17. The number of carbonyl (C=O) groups excluding carboxylic acids is 2. The number of ether oxygens (including phenoxy) is 1. The smallest absolute Gasteiger partial charge is 0.341 e. The van der Waals surface area contributed by atoms with Crippen LogP contribution in [-0.4, -0.2) is 34.6 Å².